The van der Waals surface area contributed by atoms with Gasteiger partial charge in [-0.25, -0.2) is 17.9 Å². The van der Waals surface area contributed by atoms with Crippen molar-refractivity contribution in [1.82, 2.24) is 14.9 Å². The summed E-state index contributed by atoms with van der Waals surface area (Å²) in [5.41, 5.74) is 1.31. The Kier molecular flexibility index (Phi) is 5.31. The van der Waals surface area contributed by atoms with E-state index in [2.05, 4.69) is 14.9 Å². The Morgan fingerprint density at radius 1 is 1.06 bits per heavy atom. The molecule has 1 aliphatic rings. The van der Waals surface area contributed by atoms with Crippen LogP contribution in [0.1, 0.15) is 5.89 Å². The van der Waals surface area contributed by atoms with Crippen molar-refractivity contribution in [2.45, 2.75) is 17.9 Å². The molecule has 0 saturated carbocycles. The molecule has 4 aromatic rings. The number of benzene rings is 3. The maximum Gasteiger partial charge on any atom is 0.414 e. The van der Waals surface area contributed by atoms with Crippen molar-refractivity contribution in [3.8, 4) is 11.4 Å². The number of amides is 1. The lowest BCUT2D eigenvalue weighted by Crippen LogP contribution is -2.42. The summed E-state index contributed by atoms with van der Waals surface area (Å²) < 4.78 is 38.6. The number of fused-ring (bicyclic) bond motifs is 1. The van der Waals surface area contributed by atoms with Gasteiger partial charge in [0.2, 0.25) is 21.7 Å². The van der Waals surface area contributed by atoms with Crippen LogP contribution in [0.15, 0.2) is 76.1 Å². The molecule has 33 heavy (non-hydrogen) atoms. The molecule has 9 nitrogen and oxygen atoms in total. The van der Waals surface area contributed by atoms with Gasteiger partial charge in [-0.15, -0.1) is 0 Å². The van der Waals surface area contributed by atoms with Crippen molar-refractivity contribution in [3.05, 3.63) is 72.6 Å². The number of hydrogen-bond acceptors (Lipinski definition) is 7. The molecule has 1 aliphatic heterocycles. The molecule has 1 fully saturated rings. The van der Waals surface area contributed by atoms with E-state index in [4.69, 9.17) is 9.26 Å². The molecule has 1 saturated heterocycles. The van der Waals surface area contributed by atoms with Gasteiger partial charge in [0.15, 0.2) is 0 Å². The maximum atomic E-state index is 12.9. The van der Waals surface area contributed by atoms with E-state index in [1.165, 1.54) is 4.90 Å². The van der Waals surface area contributed by atoms with Gasteiger partial charge in [-0.05, 0) is 47.2 Å². The second-order valence-corrected chi connectivity index (χ2v) is 9.41. The average molecular weight is 465 g/mol. The van der Waals surface area contributed by atoms with E-state index in [-0.39, 0.29) is 18.0 Å². The predicted molar refractivity (Wildman–Crippen MR) is 121 cm³/mol. The molecule has 10 heteroatoms. The first-order chi connectivity index (χ1) is 15.9. The summed E-state index contributed by atoms with van der Waals surface area (Å²) >= 11 is 0. The van der Waals surface area contributed by atoms with Crippen LogP contribution >= 0.6 is 0 Å². The standard InChI is InChI=1S/C23H20N4O5S/c1-15-25-22(26-32-15)17-6-9-19(10-7-17)27-20(14-31-23(27)28)13-24-33(29,30)21-11-8-16-4-2-3-5-18(16)12-21/h2-12,20,24H,13-14H2,1H3. The molecular formula is C23H20N4O5S. The van der Waals surface area contributed by atoms with Crippen LogP contribution in [0.3, 0.4) is 0 Å². The van der Waals surface area contributed by atoms with Crippen LogP contribution in [-0.2, 0) is 14.8 Å². The number of rotatable bonds is 6. The minimum absolute atomic E-state index is 0.00663. The fraction of sp³-hybridized carbons (Fsp3) is 0.174. The van der Waals surface area contributed by atoms with Crippen molar-refractivity contribution in [3.63, 3.8) is 0 Å². The molecule has 0 radical (unpaired) electrons. The number of carbonyl (C=O) groups is 1. The van der Waals surface area contributed by atoms with E-state index in [1.54, 1.807) is 49.4 Å². The van der Waals surface area contributed by atoms with Crippen molar-refractivity contribution in [2.24, 2.45) is 0 Å². The second-order valence-electron chi connectivity index (χ2n) is 7.65. The zero-order valence-electron chi connectivity index (χ0n) is 17.6. The minimum Gasteiger partial charge on any atom is -0.447 e. The SMILES string of the molecule is Cc1nc(-c2ccc(N3C(=O)OCC3CNS(=O)(=O)c3ccc4ccccc4c3)cc2)no1. The van der Waals surface area contributed by atoms with Gasteiger partial charge in [-0.3, -0.25) is 4.90 Å². The van der Waals surface area contributed by atoms with Gasteiger partial charge in [0.05, 0.1) is 10.9 Å². The summed E-state index contributed by atoms with van der Waals surface area (Å²) in [7, 11) is -3.77. The highest BCUT2D eigenvalue weighted by Gasteiger charge is 2.35. The van der Waals surface area contributed by atoms with Crippen LogP contribution in [0.2, 0.25) is 0 Å². The molecule has 1 N–H and O–H groups in total. The molecule has 0 aliphatic carbocycles. The predicted octanol–water partition coefficient (Wildman–Crippen LogP) is 3.50. The summed E-state index contributed by atoms with van der Waals surface area (Å²) in [6.07, 6.45) is -0.534. The summed E-state index contributed by atoms with van der Waals surface area (Å²) in [5, 5.41) is 5.67. The molecule has 168 valence electrons. The second kappa shape index (κ2) is 8.30. The van der Waals surface area contributed by atoms with Gasteiger partial charge >= 0.3 is 6.09 Å². The van der Waals surface area contributed by atoms with E-state index in [0.717, 1.165) is 16.3 Å². The molecule has 1 unspecified atom stereocenters. The lowest BCUT2D eigenvalue weighted by molar-refractivity contribution is 0.179. The number of aromatic nitrogens is 2. The summed E-state index contributed by atoms with van der Waals surface area (Å²) in [5.74, 6) is 0.902. The number of anilines is 1. The number of carbonyl (C=O) groups excluding carboxylic acids is 1. The number of nitrogens with zero attached hydrogens (tertiary/aromatic N) is 3. The fourth-order valence-electron chi connectivity index (χ4n) is 3.74. The lowest BCUT2D eigenvalue weighted by Gasteiger charge is -2.22. The summed E-state index contributed by atoms with van der Waals surface area (Å²) in [4.78, 5) is 18.2. The van der Waals surface area contributed by atoms with Crippen LogP contribution in [0.5, 0.6) is 0 Å². The van der Waals surface area contributed by atoms with E-state index in [9.17, 15) is 13.2 Å². The molecule has 0 bridgehead atoms. The Labute approximate surface area is 190 Å². The first-order valence-corrected chi connectivity index (χ1v) is 11.7. The molecule has 3 aromatic carbocycles. The average Bonchev–Trinajstić information content (AvgIpc) is 3.43. The van der Waals surface area contributed by atoms with Crippen molar-refractivity contribution < 1.29 is 22.5 Å². The first-order valence-electron chi connectivity index (χ1n) is 10.3. The maximum absolute atomic E-state index is 12.9. The zero-order chi connectivity index (χ0) is 23.0. The number of ether oxygens (including phenoxy) is 1. The van der Waals surface area contributed by atoms with Gasteiger partial charge in [-0.2, -0.15) is 4.98 Å². The lowest BCUT2D eigenvalue weighted by atomic mass is 10.1. The van der Waals surface area contributed by atoms with Crippen molar-refractivity contribution in [2.75, 3.05) is 18.1 Å². The number of hydrogen-bond donors (Lipinski definition) is 1. The van der Waals surface area contributed by atoms with Gasteiger partial charge in [0.25, 0.3) is 0 Å². The Morgan fingerprint density at radius 3 is 2.55 bits per heavy atom. The normalized spacial score (nSPS) is 16.3. The quantitative estimate of drug-likeness (QED) is 0.464. The highest BCUT2D eigenvalue weighted by Crippen LogP contribution is 2.26. The van der Waals surface area contributed by atoms with Crippen LogP contribution < -0.4 is 9.62 Å². The molecule has 1 atom stereocenters. The Balaban J connectivity index is 1.32. The minimum atomic E-state index is -3.77. The largest absolute Gasteiger partial charge is 0.447 e. The topological polar surface area (TPSA) is 115 Å². The van der Waals surface area contributed by atoms with E-state index < -0.39 is 22.2 Å². The summed E-state index contributed by atoms with van der Waals surface area (Å²) in [6.45, 7) is 1.78. The van der Waals surface area contributed by atoms with Gasteiger partial charge in [0.1, 0.15) is 6.61 Å². The number of cyclic esters (lactones) is 1. The van der Waals surface area contributed by atoms with Crippen LogP contribution in [0.25, 0.3) is 22.2 Å². The zero-order valence-corrected chi connectivity index (χ0v) is 18.5. The Morgan fingerprint density at radius 2 is 1.82 bits per heavy atom. The smallest absolute Gasteiger partial charge is 0.414 e. The third-order valence-corrected chi connectivity index (χ3v) is 6.85. The Bertz CT molecular complexity index is 1430. The molecular weight excluding hydrogens is 444 g/mol. The molecule has 5 rings (SSSR count). The molecule has 2 heterocycles. The summed E-state index contributed by atoms with van der Waals surface area (Å²) in [6, 6.07) is 19.0. The van der Waals surface area contributed by atoms with E-state index in [0.29, 0.717) is 17.4 Å². The van der Waals surface area contributed by atoms with Gasteiger partial charge in [0, 0.05) is 24.7 Å². The third kappa shape index (κ3) is 4.18. The Hall–Kier alpha value is -3.76. The van der Waals surface area contributed by atoms with Crippen molar-refractivity contribution >= 4 is 32.6 Å². The third-order valence-electron chi connectivity index (χ3n) is 5.43. The molecule has 1 aromatic heterocycles. The number of nitrogens with one attached hydrogen (secondary N) is 1. The molecule has 0 spiro atoms. The first kappa shape index (κ1) is 21.1. The number of sulfonamides is 1. The monoisotopic (exact) mass is 464 g/mol. The fourth-order valence-corrected chi connectivity index (χ4v) is 4.85. The highest BCUT2D eigenvalue weighted by atomic mass is 32.2. The van der Waals surface area contributed by atoms with Crippen LogP contribution in [0, 0.1) is 6.92 Å². The highest BCUT2D eigenvalue weighted by molar-refractivity contribution is 7.89. The van der Waals surface area contributed by atoms with E-state index >= 15 is 0 Å². The van der Waals surface area contributed by atoms with Gasteiger partial charge in [-0.1, -0.05) is 35.5 Å². The van der Waals surface area contributed by atoms with Crippen LogP contribution in [-0.4, -0.2) is 43.8 Å². The molecule has 1 amide bonds. The van der Waals surface area contributed by atoms with E-state index in [1.807, 2.05) is 24.3 Å². The van der Waals surface area contributed by atoms with Crippen LogP contribution in [0.4, 0.5) is 10.5 Å². The van der Waals surface area contributed by atoms with Crippen molar-refractivity contribution in [1.29, 1.82) is 0 Å². The van der Waals surface area contributed by atoms with Gasteiger partial charge < -0.3 is 9.26 Å². The number of aryl methyl sites for hydroxylation is 1.